The molecule has 0 spiro atoms. The van der Waals surface area contributed by atoms with Crippen molar-refractivity contribution < 1.29 is 29.3 Å². The van der Waals surface area contributed by atoms with E-state index >= 15 is 0 Å². The second kappa shape index (κ2) is 12.0. The van der Waals surface area contributed by atoms with Crippen LogP contribution in [-0.2, 0) is 20.7 Å². The first-order valence-corrected chi connectivity index (χ1v) is 13.0. The summed E-state index contributed by atoms with van der Waals surface area (Å²) in [4.78, 5) is 42.4. The Hall–Kier alpha value is -3.75. The normalized spacial score (nSPS) is 13.7. The molecule has 3 amide bonds. The number of carbonyl (C=O) groups excluding carboxylic acids is 3. The monoisotopic (exact) mass is 541 g/mol. The van der Waals surface area contributed by atoms with Crippen LogP contribution in [0, 0.1) is 0 Å². The van der Waals surface area contributed by atoms with Crippen LogP contribution in [0.1, 0.15) is 79.5 Å². The Labute approximate surface area is 231 Å². The van der Waals surface area contributed by atoms with Gasteiger partial charge in [-0.05, 0) is 86.1 Å². The van der Waals surface area contributed by atoms with Gasteiger partial charge in [-0.2, -0.15) is 0 Å². The van der Waals surface area contributed by atoms with Crippen LogP contribution in [-0.4, -0.2) is 55.7 Å². The van der Waals surface area contributed by atoms with Crippen molar-refractivity contribution in [3.8, 4) is 11.5 Å². The molecule has 0 saturated carbocycles. The third kappa shape index (κ3) is 9.50. The van der Waals surface area contributed by atoms with E-state index in [9.17, 15) is 24.6 Å². The van der Waals surface area contributed by atoms with Gasteiger partial charge in [-0.1, -0.05) is 30.3 Å². The van der Waals surface area contributed by atoms with Crippen LogP contribution in [0.25, 0.3) is 0 Å². The largest absolute Gasteiger partial charge is 0.508 e. The molecule has 2 aromatic rings. The van der Waals surface area contributed by atoms with Crippen LogP contribution < -0.4 is 10.6 Å². The predicted octanol–water partition coefficient (Wildman–Crippen LogP) is 4.82. The van der Waals surface area contributed by atoms with Crippen LogP contribution in [0.5, 0.6) is 11.5 Å². The Morgan fingerprint density at radius 2 is 1.44 bits per heavy atom. The summed E-state index contributed by atoms with van der Waals surface area (Å²) in [5.41, 5.74) is -1.41. The number of rotatable bonds is 7. The van der Waals surface area contributed by atoms with Crippen molar-refractivity contribution in [3.05, 3.63) is 59.7 Å². The maximum atomic E-state index is 14.4. The molecule has 2 unspecified atom stereocenters. The maximum Gasteiger partial charge on any atom is 0.408 e. The standard InChI is InChI=1S/C30H43N3O6/c1-28(2,3)32-25(36)24(21-12-10-11-13-23(21)35)33(29(4,5)6)26(37)22(31-27(38)39-30(7,8)9)18-19-14-16-20(34)17-15-19/h10-17,22,24,34-35H,18H2,1-9H3,(H,31,38)(H,32,36). The molecular weight excluding hydrogens is 498 g/mol. The Morgan fingerprint density at radius 1 is 0.872 bits per heavy atom. The van der Waals surface area contributed by atoms with Gasteiger partial charge in [-0.3, -0.25) is 9.59 Å². The lowest BCUT2D eigenvalue weighted by atomic mass is 9.93. The number of amides is 3. The minimum absolute atomic E-state index is 0.0662. The highest BCUT2D eigenvalue weighted by Gasteiger charge is 2.43. The van der Waals surface area contributed by atoms with Gasteiger partial charge in [-0.25, -0.2) is 4.79 Å². The summed E-state index contributed by atoms with van der Waals surface area (Å²) in [6.45, 7) is 16.0. The molecule has 0 aliphatic heterocycles. The first kappa shape index (κ1) is 31.5. The summed E-state index contributed by atoms with van der Waals surface area (Å²) in [6.07, 6.45) is -0.717. The number of phenolic OH excluding ortho intramolecular Hbond substituents is 2. The van der Waals surface area contributed by atoms with E-state index in [1.165, 1.54) is 23.1 Å². The van der Waals surface area contributed by atoms with E-state index in [4.69, 9.17) is 4.74 Å². The Kier molecular flexibility index (Phi) is 9.66. The number of para-hydroxylation sites is 1. The van der Waals surface area contributed by atoms with Crippen molar-refractivity contribution in [1.29, 1.82) is 0 Å². The SMILES string of the molecule is CC(C)(C)NC(=O)C(c1ccccc1O)N(C(=O)C(Cc1ccc(O)cc1)NC(=O)OC(C)(C)C)C(C)(C)C. The van der Waals surface area contributed by atoms with Crippen molar-refractivity contribution in [2.75, 3.05) is 0 Å². The lowest BCUT2D eigenvalue weighted by Gasteiger charge is -2.43. The molecule has 0 bridgehead atoms. The van der Waals surface area contributed by atoms with Crippen LogP contribution in [0.3, 0.4) is 0 Å². The summed E-state index contributed by atoms with van der Waals surface area (Å²) >= 11 is 0. The number of nitrogens with zero attached hydrogens (tertiary/aromatic N) is 1. The van der Waals surface area contributed by atoms with E-state index in [0.717, 1.165) is 0 Å². The molecule has 0 aliphatic rings. The fraction of sp³-hybridized carbons (Fsp3) is 0.500. The zero-order valence-electron chi connectivity index (χ0n) is 24.5. The van der Waals surface area contributed by atoms with Gasteiger partial charge in [-0.15, -0.1) is 0 Å². The molecule has 9 heteroatoms. The molecule has 0 radical (unpaired) electrons. The third-order valence-corrected chi connectivity index (χ3v) is 5.56. The van der Waals surface area contributed by atoms with Gasteiger partial charge in [0.15, 0.2) is 0 Å². The minimum Gasteiger partial charge on any atom is -0.508 e. The van der Waals surface area contributed by atoms with Crippen LogP contribution in [0.2, 0.25) is 0 Å². The van der Waals surface area contributed by atoms with Crippen molar-refractivity contribution in [3.63, 3.8) is 0 Å². The number of aromatic hydroxyl groups is 2. The summed E-state index contributed by atoms with van der Waals surface area (Å²) in [6, 6.07) is 10.3. The molecule has 4 N–H and O–H groups in total. The molecule has 9 nitrogen and oxygen atoms in total. The maximum absolute atomic E-state index is 14.4. The van der Waals surface area contributed by atoms with Crippen molar-refractivity contribution in [2.24, 2.45) is 0 Å². The molecule has 2 aromatic carbocycles. The number of nitrogens with one attached hydrogen (secondary N) is 2. The molecule has 0 aliphatic carbocycles. The highest BCUT2D eigenvalue weighted by Crippen LogP contribution is 2.35. The smallest absolute Gasteiger partial charge is 0.408 e. The Bertz CT molecular complexity index is 1160. The van der Waals surface area contributed by atoms with E-state index < -0.39 is 46.7 Å². The number of ether oxygens (including phenoxy) is 1. The highest BCUT2D eigenvalue weighted by molar-refractivity contribution is 5.93. The summed E-state index contributed by atoms with van der Waals surface area (Å²) in [5, 5.41) is 26.1. The second-order valence-electron chi connectivity index (χ2n) is 12.6. The zero-order valence-corrected chi connectivity index (χ0v) is 24.5. The highest BCUT2D eigenvalue weighted by atomic mass is 16.6. The van der Waals surface area contributed by atoms with Gasteiger partial charge in [0.1, 0.15) is 29.2 Å². The van der Waals surface area contributed by atoms with Crippen molar-refractivity contribution in [1.82, 2.24) is 15.5 Å². The Morgan fingerprint density at radius 3 is 1.92 bits per heavy atom. The second-order valence-corrected chi connectivity index (χ2v) is 12.6. The van der Waals surface area contributed by atoms with Crippen molar-refractivity contribution in [2.45, 2.75) is 97.5 Å². The first-order valence-electron chi connectivity index (χ1n) is 13.0. The summed E-state index contributed by atoms with van der Waals surface area (Å²) in [5.74, 6) is -1.09. The average Bonchev–Trinajstić information content (AvgIpc) is 2.75. The Balaban J connectivity index is 2.65. The van der Waals surface area contributed by atoms with Crippen LogP contribution in [0.4, 0.5) is 4.79 Å². The topological polar surface area (TPSA) is 128 Å². The lowest BCUT2D eigenvalue weighted by molar-refractivity contribution is -0.149. The molecular formula is C30H43N3O6. The molecule has 0 aromatic heterocycles. The quantitative estimate of drug-likeness (QED) is 0.398. The van der Waals surface area contributed by atoms with Gasteiger partial charge < -0.3 is 30.5 Å². The van der Waals surface area contributed by atoms with Gasteiger partial charge in [0.25, 0.3) is 0 Å². The van der Waals surface area contributed by atoms with Gasteiger partial charge in [0, 0.05) is 23.1 Å². The zero-order chi connectivity index (χ0) is 29.8. The van der Waals surface area contributed by atoms with Crippen LogP contribution >= 0.6 is 0 Å². The van der Waals surface area contributed by atoms with Crippen LogP contribution in [0.15, 0.2) is 48.5 Å². The number of alkyl carbamates (subject to hydrolysis) is 1. The fourth-order valence-electron chi connectivity index (χ4n) is 4.08. The molecule has 2 atom stereocenters. The van der Waals surface area contributed by atoms with Gasteiger partial charge in [0.2, 0.25) is 11.8 Å². The van der Waals surface area contributed by atoms with E-state index in [0.29, 0.717) is 5.56 Å². The molecule has 39 heavy (non-hydrogen) atoms. The van der Waals surface area contributed by atoms with E-state index in [1.54, 1.807) is 71.9 Å². The van der Waals surface area contributed by atoms with E-state index in [1.807, 2.05) is 20.8 Å². The lowest BCUT2D eigenvalue weighted by Crippen LogP contribution is -2.60. The fourth-order valence-corrected chi connectivity index (χ4v) is 4.08. The molecule has 2 rings (SSSR count). The van der Waals surface area contributed by atoms with Crippen molar-refractivity contribution >= 4 is 17.9 Å². The van der Waals surface area contributed by atoms with Gasteiger partial charge >= 0.3 is 6.09 Å². The number of hydrogen-bond donors (Lipinski definition) is 4. The summed E-state index contributed by atoms with van der Waals surface area (Å²) < 4.78 is 5.44. The molecule has 214 valence electrons. The number of phenols is 2. The van der Waals surface area contributed by atoms with E-state index in [2.05, 4.69) is 10.6 Å². The minimum atomic E-state index is -1.21. The average molecular weight is 542 g/mol. The van der Waals surface area contributed by atoms with Gasteiger partial charge in [0.05, 0.1) is 0 Å². The first-order chi connectivity index (χ1) is 17.8. The number of hydrogen-bond acceptors (Lipinski definition) is 6. The third-order valence-electron chi connectivity index (χ3n) is 5.56. The number of benzene rings is 2. The van der Waals surface area contributed by atoms with E-state index in [-0.39, 0.29) is 23.5 Å². The predicted molar refractivity (Wildman–Crippen MR) is 150 cm³/mol. The molecule has 0 heterocycles. The number of carbonyl (C=O) groups is 3. The summed E-state index contributed by atoms with van der Waals surface area (Å²) in [7, 11) is 0. The molecule has 0 fully saturated rings. The molecule has 0 saturated heterocycles.